The molecule has 0 aromatic heterocycles. The van der Waals surface area contributed by atoms with E-state index in [0.717, 1.165) is 12.8 Å². The molecule has 2 heterocycles. The van der Waals surface area contributed by atoms with Crippen molar-refractivity contribution in [2.75, 3.05) is 30.3 Å². The zero-order chi connectivity index (χ0) is 13.0. The average molecular weight is 292 g/mol. The molecule has 1 N–H and O–H groups in total. The predicted molar refractivity (Wildman–Crippen MR) is 77.5 cm³/mol. The maximum Gasteiger partial charge on any atom is 0.213 e. The maximum atomic E-state index is 11.8. The van der Waals surface area contributed by atoms with Crippen LogP contribution in [0.1, 0.15) is 32.6 Å². The van der Waals surface area contributed by atoms with Crippen molar-refractivity contribution in [3.8, 4) is 0 Å². The van der Waals surface area contributed by atoms with Crippen LogP contribution in [0.2, 0.25) is 0 Å². The fourth-order valence-electron chi connectivity index (χ4n) is 2.68. The highest BCUT2D eigenvalue weighted by Gasteiger charge is 2.27. The highest BCUT2D eigenvalue weighted by molar-refractivity contribution is 7.99. The van der Waals surface area contributed by atoms with Gasteiger partial charge in [-0.3, -0.25) is 0 Å². The van der Waals surface area contributed by atoms with Crippen LogP contribution < -0.4 is 5.32 Å². The molecule has 0 aromatic rings. The first-order chi connectivity index (χ1) is 8.62. The first-order valence-electron chi connectivity index (χ1n) is 6.93. The Kier molecular flexibility index (Phi) is 5.35. The maximum absolute atomic E-state index is 11.8. The highest BCUT2D eigenvalue weighted by atomic mass is 32.2. The molecule has 0 aliphatic carbocycles. The molecule has 0 unspecified atom stereocenters. The molecule has 6 heteroatoms. The van der Waals surface area contributed by atoms with Crippen molar-refractivity contribution in [3.05, 3.63) is 0 Å². The summed E-state index contributed by atoms with van der Waals surface area (Å²) < 4.78 is 25.2. The Hall–Kier alpha value is 0.220. The largest absolute Gasteiger partial charge is 0.311 e. The van der Waals surface area contributed by atoms with E-state index in [1.165, 1.54) is 24.3 Å². The van der Waals surface area contributed by atoms with E-state index in [1.54, 1.807) is 11.2 Å². The summed E-state index contributed by atoms with van der Waals surface area (Å²) in [5.74, 6) is 2.76. The monoisotopic (exact) mass is 292 g/mol. The minimum absolute atomic E-state index is 0.227. The van der Waals surface area contributed by atoms with Crippen LogP contribution in [-0.2, 0) is 10.0 Å². The second-order valence-electron chi connectivity index (χ2n) is 5.13. The molecular formula is C12H24N2O2S2. The molecule has 0 atom stereocenters. The molecule has 0 bridgehead atoms. The van der Waals surface area contributed by atoms with E-state index in [0.29, 0.717) is 25.2 Å². The summed E-state index contributed by atoms with van der Waals surface area (Å²) in [6.07, 6.45) is 4.45. The van der Waals surface area contributed by atoms with Gasteiger partial charge >= 0.3 is 0 Å². The lowest BCUT2D eigenvalue weighted by atomic mass is 10.0. The lowest BCUT2D eigenvalue weighted by Gasteiger charge is -2.34. The Labute approximate surface area is 115 Å². The fourth-order valence-corrected chi connectivity index (χ4v) is 4.92. The van der Waals surface area contributed by atoms with Crippen LogP contribution in [0, 0.1) is 0 Å². The van der Waals surface area contributed by atoms with Crippen LogP contribution in [0.3, 0.4) is 0 Å². The molecule has 0 spiro atoms. The SMILES string of the molecule is CCS(=O)(=O)N1CCC(NC2CCSCC2)CC1. The van der Waals surface area contributed by atoms with Gasteiger partial charge in [-0.15, -0.1) is 0 Å². The summed E-state index contributed by atoms with van der Waals surface area (Å²) in [6, 6.07) is 1.17. The lowest BCUT2D eigenvalue weighted by Crippen LogP contribution is -2.48. The van der Waals surface area contributed by atoms with Gasteiger partial charge in [0.2, 0.25) is 10.0 Å². The number of thioether (sulfide) groups is 1. The Balaban J connectivity index is 1.76. The Bertz CT molecular complexity index is 345. The Morgan fingerprint density at radius 2 is 1.67 bits per heavy atom. The lowest BCUT2D eigenvalue weighted by molar-refractivity contribution is 0.268. The molecule has 0 aromatic carbocycles. The van der Waals surface area contributed by atoms with Crippen molar-refractivity contribution < 1.29 is 8.42 Å². The molecule has 106 valence electrons. The van der Waals surface area contributed by atoms with Crippen LogP contribution in [0.25, 0.3) is 0 Å². The van der Waals surface area contributed by atoms with Gasteiger partial charge in [-0.05, 0) is 44.1 Å². The van der Waals surface area contributed by atoms with E-state index in [-0.39, 0.29) is 5.75 Å². The summed E-state index contributed by atoms with van der Waals surface area (Å²) >= 11 is 2.04. The first kappa shape index (κ1) is 14.6. The number of sulfonamides is 1. The molecule has 0 amide bonds. The van der Waals surface area contributed by atoms with Gasteiger partial charge in [0.1, 0.15) is 0 Å². The van der Waals surface area contributed by atoms with Crippen LogP contribution in [0.4, 0.5) is 0 Å². The van der Waals surface area contributed by atoms with E-state index < -0.39 is 10.0 Å². The minimum atomic E-state index is -2.98. The second kappa shape index (κ2) is 6.59. The van der Waals surface area contributed by atoms with E-state index in [2.05, 4.69) is 5.32 Å². The van der Waals surface area contributed by atoms with Gasteiger partial charge in [-0.25, -0.2) is 12.7 Å². The van der Waals surface area contributed by atoms with E-state index in [9.17, 15) is 8.42 Å². The molecule has 2 rings (SSSR count). The van der Waals surface area contributed by atoms with Crippen molar-refractivity contribution in [1.29, 1.82) is 0 Å². The normalized spacial score (nSPS) is 25.4. The number of hydrogen-bond acceptors (Lipinski definition) is 4. The van der Waals surface area contributed by atoms with Gasteiger partial charge in [-0.2, -0.15) is 11.8 Å². The van der Waals surface area contributed by atoms with Gasteiger partial charge in [0.05, 0.1) is 5.75 Å². The van der Waals surface area contributed by atoms with Crippen molar-refractivity contribution in [2.45, 2.75) is 44.7 Å². The smallest absolute Gasteiger partial charge is 0.213 e. The van der Waals surface area contributed by atoms with E-state index in [4.69, 9.17) is 0 Å². The quantitative estimate of drug-likeness (QED) is 0.848. The zero-order valence-electron chi connectivity index (χ0n) is 11.1. The number of piperidine rings is 1. The second-order valence-corrected chi connectivity index (χ2v) is 8.61. The molecule has 2 fully saturated rings. The van der Waals surface area contributed by atoms with Gasteiger partial charge in [-0.1, -0.05) is 0 Å². The summed E-state index contributed by atoms with van der Waals surface area (Å²) in [5, 5.41) is 3.71. The molecule has 0 radical (unpaired) electrons. The van der Waals surface area contributed by atoms with E-state index >= 15 is 0 Å². The van der Waals surface area contributed by atoms with Crippen molar-refractivity contribution >= 4 is 21.8 Å². The standard InChI is InChI=1S/C12H24N2O2S2/c1-2-18(15,16)14-7-3-11(4-8-14)13-12-5-9-17-10-6-12/h11-13H,2-10H2,1H3. The summed E-state index contributed by atoms with van der Waals surface area (Å²) in [5.41, 5.74) is 0. The van der Waals surface area contributed by atoms with Crippen molar-refractivity contribution in [3.63, 3.8) is 0 Å². The Morgan fingerprint density at radius 3 is 2.22 bits per heavy atom. The van der Waals surface area contributed by atoms with E-state index in [1.807, 2.05) is 11.8 Å². The van der Waals surface area contributed by atoms with Crippen LogP contribution in [0.5, 0.6) is 0 Å². The third-order valence-corrected chi connectivity index (χ3v) is 6.84. The number of hydrogen-bond donors (Lipinski definition) is 1. The zero-order valence-corrected chi connectivity index (χ0v) is 12.7. The number of nitrogens with zero attached hydrogens (tertiary/aromatic N) is 1. The summed E-state index contributed by atoms with van der Waals surface area (Å²) in [6.45, 7) is 3.10. The molecule has 4 nitrogen and oxygen atoms in total. The van der Waals surface area contributed by atoms with Gasteiger partial charge < -0.3 is 5.32 Å². The molecular weight excluding hydrogens is 268 g/mol. The van der Waals surface area contributed by atoms with Crippen LogP contribution in [-0.4, -0.2) is 55.2 Å². The molecule has 2 aliphatic heterocycles. The van der Waals surface area contributed by atoms with Crippen LogP contribution in [0.15, 0.2) is 0 Å². The third kappa shape index (κ3) is 3.85. The molecule has 18 heavy (non-hydrogen) atoms. The van der Waals surface area contributed by atoms with Gasteiger partial charge in [0, 0.05) is 25.2 Å². The number of nitrogens with one attached hydrogen (secondary N) is 1. The first-order valence-corrected chi connectivity index (χ1v) is 9.70. The summed E-state index contributed by atoms with van der Waals surface area (Å²) in [7, 11) is -2.98. The third-order valence-electron chi connectivity index (χ3n) is 3.90. The predicted octanol–water partition coefficient (Wildman–Crippen LogP) is 1.29. The molecule has 2 aliphatic rings. The molecule has 0 saturated carbocycles. The number of rotatable bonds is 4. The minimum Gasteiger partial charge on any atom is -0.311 e. The van der Waals surface area contributed by atoms with Crippen molar-refractivity contribution in [2.24, 2.45) is 0 Å². The van der Waals surface area contributed by atoms with Gasteiger partial charge in [0.15, 0.2) is 0 Å². The fraction of sp³-hybridized carbons (Fsp3) is 1.00. The molecule has 2 saturated heterocycles. The Morgan fingerprint density at radius 1 is 1.11 bits per heavy atom. The van der Waals surface area contributed by atoms with Crippen LogP contribution >= 0.6 is 11.8 Å². The summed E-state index contributed by atoms with van der Waals surface area (Å²) in [4.78, 5) is 0. The average Bonchev–Trinajstić information content (AvgIpc) is 2.40. The highest BCUT2D eigenvalue weighted by Crippen LogP contribution is 2.20. The van der Waals surface area contributed by atoms with Crippen molar-refractivity contribution in [1.82, 2.24) is 9.62 Å². The topological polar surface area (TPSA) is 49.4 Å². The van der Waals surface area contributed by atoms with Gasteiger partial charge in [0.25, 0.3) is 0 Å².